The molecule has 0 atom stereocenters. The van der Waals surface area contributed by atoms with Crippen molar-refractivity contribution >= 4 is 29.3 Å². The number of rotatable bonds is 8. The first-order valence-corrected chi connectivity index (χ1v) is 9.70. The average Bonchev–Trinajstić information content (AvgIpc) is 3.26. The summed E-state index contributed by atoms with van der Waals surface area (Å²) in [6.07, 6.45) is 0. The van der Waals surface area contributed by atoms with Gasteiger partial charge in [0.05, 0.1) is 43.9 Å². The lowest BCUT2D eigenvalue weighted by atomic mass is 10.2. The molecule has 0 saturated heterocycles. The van der Waals surface area contributed by atoms with E-state index >= 15 is 0 Å². The van der Waals surface area contributed by atoms with Gasteiger partial charge in [-0.05, 0) is 24.3 Å². The topological polar surface area (TPSA) is 113 Å². The molecule has 0 unspecified atom stereocenters. The number of hydrogen-bond donors (Lipinski definition) is 1. The predicted molar refractivity (Wildman–Crippen MR) is 110 cm³/mol. The molecule has 1 aromatic heterocycles. The number of anilines is 1. The molecule has 0 radical (unpaired) electrons. The highest BCUT2D eigenvalue weighted by atomic mass is 32.2. The first-order valence-electron chi connectivity index (χ1n) is 8.71. The van der Waals surface area contributed by atoms with Gasteiger partial charge in [0.15, 0.2) is 0 Å². The fraction of sp³-hybridized carbons (Fsp3) is 0.200. The minimum Gasteiger partial charge on any atom is -0.497 e. The Morgan fingerprint density at radius 3 is 2.60 bits per heavy atom. The third-order valence-electron chi connectivity index (χ3n) is 3.98. The lowest BCUT2D eigenvalue weighted by Crippen LogP contribution is -2.17. The maximum atomic E-state index is 12.3. The highest BCUT2D eigenvalue weighted by Gasteiger charge is 2.17. The molecule has 0 aliphatic carbocycles. The lowest BCUT2D eigenvalue weighted by Gasteiger charge is -2.08. The van der Waals surface area contributed by atoms with Gasteiger partial charge in [0.2, 0.25) is 5.91 Å². The number of nitrogens with zero attached hydrogens (tertiary/aromatic N) is 2. The number of hydrogen-bond acceptors (Lipinski definition) is 9. The normalized spacial score (nSPS) is 10.4. The van der Waals surface area contributed by atoms with Crippen LogP contribution in [0, 0.1) is 0 Å². The summed E-state index contributed by atoms with van der Waals surface area (Å²) in [6.45, 7) is 0. The third-order valence-corrected chi connectivity index (χ3v) is 4.80. The standard InChI is InChI=1S/C20H19N3O6S/c1-26-12-8-9-14(16(10-12)27-2)18-22-23-20(29-18)30-11-17(24)21-15-7-5-4-6-13(15)19(25)28-3/h4-10H,11H2,1-3H3,(H,21,24). The molecule has 0 saturated carbocycles. The zero-order valence-electron chi connectivity index (χ0n) is 16.5. The molecule has 10 heteroatoms. The van der Waals surface area contributed by atoms with E-state index in [0.29, 0.717) is 22.7 Å². The van der Waals surface area contributed by atoms with E-state index in [4.69, 9.17) is 18.6 Å². The molecule has 9 nitrogen and oxygen atoms in total. The number of ether oxygens (including phenoxy) is 3. The van der Waals surface area contributed by atoms with Crippen molar-refractivity contribution < 1.29 is 28.2 Å². The largest absolute Gasteiger partial charge is 0.497 e. The zero-order chi connectivity index (χ0) is 21.5. The average molecular weight is 429 g/mol. The van der Waals surface area contributed by atoms with Crippen LogP contribution in [0.1, 0.15) is 10.4 Å². The van der Waals surface area contributed by atoms with Gasteiger partial charge in [-0.25, -0.2) is 4.79 Å². The Morgan fingerprint density at radius 1 is 1.07 bits per heavy atom. The summed E-state index contributed by atoms with van der Waals surface area (Å²) in [5.41, 5.74) is 1.24. The van der Waals surface area contributed by atoms with E-state index in [1.165, 1.54) is 14.2 Å². The number of para-hydroxylation sites is 1. The summed E-state index contributed by atoms with van der Waals surface area (Å²) in [4.78, 5) is 24.1. The molecule has 3 rings (SSSR count). The van der Waals surface area contributed by atoms with Gasteiger partial charge in [-0.2, -0.15) is 0 Å². The van der Waals surface area contributed by atoms with E-state index < -0.39 is 5.97 Å². The molecule has 0 aliphatic heterocycles. The Bertz CT molecular complexity index is 1050. The van der Waals surface area contributed by atoms with Crippen LogP contribution < -0.4 is 14.8 Å². The van der Waals surface area contributed by atoms with Crippen molar-refractivity contribution in [1.82, 2.24) is 10.2 Å². The van der Waals surface area contributed by atoms with Crippen LogP contribution in [0.4, 0.5) is 5.69 Å². The number of nitrogens with one attached hydrogen (secondary N) is 1. The Morgan fingerprint density at radius 2 is 1.87 bits per heavy atom. The number of carbonyl (C=O) groups excluding carboxylic acids is 2. The van der Waals surface area contributed by atoms with E-state index in [0.717, 1.165) is 11.8 Å². The van der Waals surface area contributed by atoms with Crippen LogP contribution in [-0.2, 0) is 9.53 Å². The summed E-state index contributed by atoms with van der Waals surface area (Å²) in [5, 5.41) is 10.9. The quantitative estimate of drug-likeness (QED) is 0.426. The van der Waals surface area contributed by atoms with Crippen LogP contribution in [0.5, 0.6) is 11.5 Å². The summed E-state index contributed by atoms with van der Waals surface area (Å²) >= 11 is 1.07. The van der Waals surface area contributed by atoms with Gasteiger partial charge in [-0.3, -0.25) is 4.79 Å². The highest BCUT2D eigenvalue weighted by Crippen LogP contribution is 2.33. The highest BCUT2D eigenvalue weighted by molar-refractivity contribution is 7.99. The van der Waals surface area contributed by atoms with Crippen molar-refractivity contribution in [1.29, 1.82) is 0 Å². The molecule has 2 aromatic carbocycles. The maximum absolute atomic E-state index is 12.3. The van der Waals surface area contributed by atoms with Crippen LogP contribution in [0.2, 0.25) is 0 Å². The van der Waals surface area contributed by atoms with Crippen molar-refractivity contribution in [3.05, 3.63) is 48.0 Å². The second-order valence-electron chi connectivity index (χ2n) is 5.81. The first kappa shape index (κ1) is 21.2. The van der Waals surface area contributed by atoms with E-state index in [1.807, 2.05) is 0 Å². The molecular weight excluding hydrogens is 410 g/mol. The first-order chi connectivity index (χ1) is 14.5. The van der Waals surface area contributed by atoms with Crippen LogP contribution in [0.15, 0.2) is 52.1 Å². The van der Waals surface area contributed by atoms with Crippen molar-refractivity contribution in [2.24, 2.45) is 0 Å². The Hall–Kier alpha value is -3.53. The molecule has 1 N–H and O–H groups in total. The summed E-state index contributed by atoms with van der Waals surface area (Å²) < 4.78 is 20.9. The summed E-state index contributed by atoms with van der Waals surface area (Å²) in [7, 11) is 4.37. The second-order valence-corrected chi connectivity index (χ2v) is 6.74. The Kier molecular flexibility index (Phi) is 6.91. The molecule has 1 amide bonds. The predicted octanol–water partition coefficient (Wildman–Crippen LogP) is 3.27. The molecular formula is C20H19N3O6S. The molecule has 0 fully saturated rings. The minimum absolute atomic E-state index is 0.0108. The molecule has 156 valence electrons. The van der Waals surface area contributed by atoms with Crippen LogP contribution >= 0.6 is 11.8 Å². The van der Waals surface area contributed by atoms with Crippen molar-refractivity contribution in [3.63, 3.8) is 0 Å². The van der Waals surface area contributed by atoms with Crippen LogP contribution in [0.3, 0.4) is 0 Å². The molecule has 30 heavy (non-hydrogen) atoms. The maximum Gasteiger partial charge on any atom is 0.339 e. The number of amides is 1. The second kappa shape index (κ2) is 9.79. The van der Waals surface area contributed by atoms with Crippen molar-refractivity contribution in [3.8, 4) is 23.0 Å². The third kappa shape index (κ3) is 4.90. The van der Waals surface area contributed by atoms with Gasteiger partial charge in [0.1, 0.15) is 11.5 Å². The molecule has 0 spiro atoms. The number of aromatic nitrogens is 2. The number of carbonyl (C=O) groups is 2. The van der Waals surface area contributed by atoms with Crippen molar-refractivity contribution in [2.45, 2.75) is 5.22 Å². The Labute approximate surface area is 176 Å². The fourth-order valence-corrected chi connectivity index (χ4v) is 3.11. The van der Waals surface area contributed by atoms with Gasteiger partial charge in [-0.15, -0.1) is 10.2 Å². The number of benzene rings is 2. The summed E-state index contributed by atoms with van der Waals surface area (Å²) in [5.74, 6) is 0.553. The fourth-order valence-electron chi connectivity index (χ4n) is 2.55. The SMILES string of the molecule is COC(=O)c1ccccc1NC(=O)CSc1nnc(-c2ccc(OC)cc2OC)o1. The van der Waals surface area contributed by atoms with E-state index in [9.17, 15) is 9.59 Å². The van der Waals surface area contributed by atoms with Crippen LogP contribution in [0.25, 0.3) is 11.5 Å². The Balaban J connectivity index is 1.65. The smallest absolute Gasteiger partial charge is 0.339 e. The number of methoxy groups -OCH3 is 3. The lowest BCUT2D eigenvalue weighted by molar-refractivity contribution is -0.113. The van der Waals surface area contributed by atoms with Gasteiger partial charge in [0, 0.05) is 6.07 Å². The zero-order valence-corrected chi connectivity index (χ0v) is 17.3. The molecule has 3 aromatic rings. The van der Waals surface area contributed by atoms with E-state index in [1.54, 1.807) is 49.6 Å². The number of thioether (sulfide) groups is 1. The van der Waals surface area contributed by atoms with Gasteiger partial charge >= 0.3 is 5.97 Å². The summed E-state index contributed by atoms with van der Waals surface area (Å²) in [6, 6.07) is 11.8. The number of esters is 1. The van der Waals surface area contributed by atoms with Crippen LogP contribution in [-0.4, -0.2) is 49.2 Å². The van der Waals surface area contributed by atoms with E-state index in [-0.39, 0.29) is 28.3 Å². The van der Waals surface area contributed by atoms with Gasteiger partial charge in [0.25, 0.3) is 11.1 Å². The monoisotopic (exact) mass is 429 g/mol. The van der Waals surface area contributed by atoms with E-state index in [2.05, 4.69) is 15.5 Å². The molecule has 1 heterocycles. The van der Waals surface area contributed by atoms with Gasteiger partial charge < -0.3 is 23.9 Å². The minimum atomic E-state index is -0.534. The van der Waals surface area contributed by atoms with Crippen molar-refractivity contribution in [2.75, 3.05) is 32.4 Å². The molecule has 0 aliphatic rings. The van der Waals surface area contributed by atoms with Gasteiger partial charge in [-0.1, -0.05) is 23.9 Å². The molecule has 0 bridgehead atoms.